The summed E-state index contributed by atoms with van der Waals surface area (Å²) in [5, 5.41) is 9.49. The number of nitrogens with zero attached hydrogens (tertiary/aromatic N) is 3. The molecule has 0 radical (unpaired) electrons. The third kappa shape index (κ3) is 3.18. The molecule has 25 heavy (non-hydrogen) atoms. The molecule has 2 aromatic rings. The number of amides is 1. The molecule has 0 saturated heterocycles. The largest absolute Gasteiger partial charge is 0.465 e. The highest BCUT2D eigenvalue weighted by Gasteiger charge is 2.37. The van der Waals surface area contributed by atoms with E-state index in [2.05, 4.69) is 9.39 Å². The van der Waals surface area contributed by atoms with Crippen molar-refractivity contribution < 1.29 is 9.21 Å². The maximum absolute atomic E-state index is 12.2. The molecule has 1 N–H and O–H groups in total. The molecule has 1 aromatic heterocycles. The lowest BCUT2D eigenvalue weighted by atomic mass is 10.1. The van der Waals surface area contributed by atoms with Gasteiger partial charge in [-0.25, -0.2) is 4.90 Å². The van der Waals surface area contributed by atoms with E-state index in [0.717, 1.165) is 23.3 Å². The summed E-state index contributed by atoms with van der Waals surface area (Å²) in [5.74, 6) is 0.844. The van der Waals surface area contributed by atoms with Crippen LogP contribution in [0.5, 0.6) is 0 Å². The van der Waals surface area contributed by atoms with Crippen molar-refractivity contribution in [3.05, 3.63) is 65.6 Å². The molecule has 3 heterocycles. The molecule has 0 spiro atoms. The molecule has 8 heteroatoms. The second-order valence-electron chi connectivity index (χ2n) is 5.20. The summed E-state index contributed by atoms with van der Waals surface area (Å²) in [5.41, 5.74) is 1.35. The van der Waals surface area contributed by atoms with Crippen molar-refractivity contribution >= 4 is 51.9 Å². The van der Waals surface area contributed by atoms with Gasteiger partial charge in [0.15, 0.2) is 5.17 Å². The smallest absolute Gasteiger partial charge is 0.283 e. The Morgan fingerprint density at radius 2 is 2.08 bits per heavy atom. The lowest BCUT2D eigenvalue weighted by molar-refractivity contribution is -0.114. The van der Waals surface area contributed by atoms with Crippen molar-refractivity contribution in [3.8, 4) is 0 Å². The van der Waals surface area contributed by atoms with Crippen LogP contribution >= 0.6 is 23.7 Å². The van der Waals surface area contributed by atoms with Crippen molar-refractivity contribution in [1.29, 1.82) is 5.41 Å². The number of fused-ring (bicyclic) bond motifs is 1. The van der Waals surface area contributed by atoms with E-state index >= 15 is 0 Å². The number of hydrogen-bond acceptors (Lipinski definition) is 6. The van der Waals surface area contributed by atoms with Gasteiger partial charge in [-0.05, 0) is 23.8 Å². The van der Waals surface area contributed by atoms with E-state index < -0.39 is 5.91 Å². The van der Waals surface area contributed by atoms with E-state index in [1.807, 2.05) is 30.3 Å². The van der Waals surface area contributed by atoms with Crippen LogP contribution in [0.25, 0.3) is 6.08 Å². The fourth-order valence-electron chi connectivity index (χ4n) is 2.33. The van der Waals surface area contributed by atoms with E-state index in [1.165, 1.54) is 24.1 Å². The van der Waals surface area contributed by atoms with Crippen LogP contribution in [0.4, 0.5) is 0 Å². The van der Waals surface area contributed by atoms with Gasteiger partial charge in [-0.3, -0.25) is 10.2 Å². The minimum absolute atomic E-state index is 0.0655. The number of furan rings is 1. The fourth-order valence-corrected chi connectivity index (χ4v) is 4.13. The Hall–Kier alpha value is -2.58. The average molecular weight is 368 g/mol. The van der Waals surface area contributed by atoms with Crippen molar-refractivity contribution in [2.45, 2.75) is 5.75 Å². The van der Waals surface area contributed by atoms with Gasteiger partial charge < -0.3 is 4.42 Å². The van der Waals surface area contributed by atoms with E-state index in [-0.39, 0.29) is 11.4 Å². The number of carbonyl (C=O) groups excluding carboxylic acids is 1. The molecule has 0 fully saturated rings. The summed E-state index contributed by atoms with van der Waals surface area (Å²) < 4.78 is 9.60. The number of amidine groups is 3. The first kappa shape index (κ1) is 15.9. The molecule has 0 saturated carbocycles. The maximum atomic E-state index is 12.2. The van der Waals surface area contributed by atoms with Gasteiger partial charge in [-0.2, -0.15) is 9.39 Å². The molecule has 0 aliphatic carbocycles. The van der Waals surface area contributed by atoms with Crippen LogP contribution < -0.4 is 0 Å². The molecular formula is C17H12N4O2S2. The summed E-state index contributed by atoms with van der Waals surface area (Å²) >= 11 is 2.63. The number of aliphatic imine (C=N–C) groups is 1. The Morgan fingerprint density at radius 3 is 2.84 bits per heavy atom. The molecule has 4 rings (SSSR count). The zero-order chi connectivity index (χ0) is 17.2. The quantitative estimate of drug-likeness (QED) is 0.658. The van der Waals surface area contributed by atoms with Crippen molar-refractivity contribution in [1.82, 2.24) is 4.90 Å². The van der Waals surface area contributed by atoms with Crippen LogP contribution in [0.2, 0.25) is 0 Å². The van der Waals surface area contributed by atoms with Gasteiger partial charge in [0.05, 0.1) is 23.8 Å². The number of benzene rings is 1. The summed E-state index contributed by atoms with van der Waals surface area (Å²) in [4.78, 5) is 17.9. The molecule has 1 amide bonds. The maximum Gasteiger partial charge on any atom is 0.283 e. The monoisotopic (exact) mass is 368 g/mol. The first-order chi connectivity index (χ1) is 12.2. The summed E-state index contributed by atoms with van der Waals surface area (Å²) in [7, 11) is 0. The Kier molecular flexibility index (Phi) is 4.29. The molecule has 0 bridgehead atoms. The Morgan fingerprint density at radius 1 is 1.24 bits per heavy atom. The van der Waals surface area contributed by atoms with E-state index in [9.17, 15) is 4.79 Å². The number of hydrogen-bond donors (Lipinski definition) is 1. The van der Waals surface area contributed by atoms with Crippen LogP contribution in [0.15, 0.2) is 68.1 Å². The Bertz CT molecular complexity index is 917. The Balaban J connectivity index is 1.57. The Labute approximate surface area is 152 Å². The molecule has 0 unspecified atom stereocenters. The third-order valence-electron chi connectivity index (χ3n) is 3.53. The van der Waals surface area contributed by atoms with Crippen molar-refractivity contribution in [3.63, 3.8) is 0 Å². The number of carbonyl (C=O) groups is 1. The highest BCUT2D eigenvalue weighted by atomic mass is 32.2. The predicted molar refractivity (Wildman–Crippen MR) is 101 cm³/mol. The van der Waals surface area contributed by atoms with Crippen LogP contribution in [0.1, 0.15) is 11.3 Å². The second kappa shape index (κ2) is 6.73. The lowest BCUT2D eigenvalue weighted by Gasteiger charge is -2.24. The predicted octanol–water partition coefficient (Wildman–Crippen LogP) is 3.79. The third-order valence-corrected chi connectivity index (χ3v) is 5.36. The highest BCUT2D eigenvalue weighted by Crippen LogP contribution is 2.33. The number of rotatable bonds is 3. The van der Waals surface area contributed by atoms with E-state index in [4.69, 9.17) is 9.83 Å². The SMILES string of the molecule is N=C1C(=Cc2ccco2)C(=O)N=C2SN=C(SCc3ccccc3)N12. The van der Waals surface area contributed by atoms with Crippen LogP contribution in [0, 0.1) is 5.41 Å². The highest BCUT2D eigenvalue weighted by molar-refractivity contribution is 8.18. The van der Waals surface area contributed by atoms with Crippen molar-refractivity contribution in [2.75, 3.05) is 0 Å². The topological polar surface area (TPSA) is 82.0 Å². The van der Waals surface area contributed by atoms with Gasteiger partial charge in [0.1, 0.15) is 11.6 Å². The summed E-state index contributed by atoms with van der Waals surface area (Å²) in [6.45, 7) is 0. The fraction of sp³-hybridized carbons (Fsp3) is 0.0588. The van der Waals surface area contributed by atoms with Crippen molar-refractivity contribution in [2.24, 2.45) is 9.39 Å². The molecule has 6 nitrogen and oxygen atoms in total. The second-order valence-corrected chi connectivity index (χ2v) is 6.87. The van der Waals surface area contributed by atoms with Gasteiger partial charge >= 0.3 is 0 Å². The molecule has 1 aromatic carbocycles. The molecular weight excluding hydrogens is 356 g/mol. The van der Waals surface area contributed by atoms with Crippen LogP contribution in [0.3, 0.4) is 0 Å². The van der Waals surface area contributed by atoms with Crippen LogP contribution in [-0.2, 0) is 10.5 Å². The van der Waals surface area contributed by atoms with E-state index in [0.29, 0.717) is 16.1 Å². The minimum atomic E-state index is -0.454. The average Bonchev–Trinajstić information content (AvgIpc) is 3.27. The molecule has 2 aliphatic heterocycles. The minimum Gasteiger partial charge on any atom is -0.465 e. The lowest BCUT2D eigenvalue weighted by Crippen LogP contribution is -2.41. The van der Waals surface area contributed by atoms with Gasteiger partial charge in [0.25, 0.3) is 5.91 Å². The standard InChI is InChI=1S/C17H12N4O2S2/c18-14-13(9-12-7-4-8-23-12)15(22)19-16-21(14)17(20-25-16)24-10-11-5-2-1-3-6-11/h1-9,18H,10H2. The zero-order valence-electron chi connectivity index (χ0n) is 12.9. The molecule has 0 atom stereocenters. The van der Waals surface area contributed by atoms with E-state index in [1.54, 1.807) is 17.0 Å². The molecule has 124 valence electrons. The number of nitrogens with one attached hydrogen (secondary N) is 1. The van der Waals surface area contributed by atoms with Gasteiger partial charge in [-0.1, -0.05) is 42.1 Å². The van der Waals surface area contributed by atoms with Crippen LogP contribution in [-0.4, -0.2) is 27.0 Å². The number of thioether (sulfide) groups is 1. The summed E-state index contributed by atoms with van der Waals surface area (Å²) in [6, 6.07) is 13.5. The molecule has 2 aliphatic rings. The summed E-state index contributed by atoms with van der Waals surface area (Å²) in [6.07, 6.45) is 3.06. The van der Waals surface area contributed by atoms with Gasteiger partial charge in [-0.15, -0.1) is 0 Å². The first-order valence-corrected chi connectivity index (χ1v) is 9.17. The zero-order valence-corrected chi connectivity index (χ0v) is 14.5. The first-order valence-electron chi connectivity index (χ1n) is 7.41. The normalized spacial score (nSPS) is 18.4. The van der Waals surface area contributed by atoms with Gasteiger partial charge in [0, 0.05) is 5.75 Å². The van der Waals surface area contributed by atoms with Gasteiger partial charge in [0.2, 0.25) is 5.17 Å².